The molecule has 0 aromatic rings. The Morgan fingerprint density at radius 2 is 0.875 bits per heavy atom. The Morgan fingerprint density at radius 3 is 0.875 bits per heavy atom. The molecule has 0 heterocycles. The molecular weight excluding hydrogens is 254 g/mol. The summed E-state index contributed by atoms with van der Waals surface area (Å²) in [6.07, 6.45) is 0. The van der Waals surface area contributed by atoms with Crippen LogP contribution in [0, 0.1) is 0 Å². The van der Waals surface area contributed by atoms with E-state index in [2.05, 4.69) is 15.9 Å². The summed E-state index contributed by atoms with van der Waals surface area (Å²) in [6, 6.07) is 0. The van der Waals surface area contributed by atoms with Gasteiger partial charge in [0, 0.05) is 17.1 Å². The Hall–Kier alpha value is 1.38. The minimum atomic E-state index is 0. The molecule has 0 aromatic heterocycles. The first-order valence-corrected chi connectivity index (χ1v) is 0.508. The third kappa shape index (κ3) is 158. The van der Waals surface area contributed by atoms with Crippen molar-refractivity contribution in [3.05, 3.63) is 0 Å². The van der Waals surface area contributed by atoms with E-state index in [1.165, 1.54) is 0 Å². The zero-order valence-corrected chi connectivity index (χ0v) is 5.84. The van der Waals surface area contributed by atoms with E-state index in [1.54, 1.807) is 0 Å². The molecule has 0 bridgehead atoms. The molecule has 2 nitrogen and oxygen atoms in total. The predicted molar refractivity (Wildman–Crippen MR) is 32.3 cm³/mol. The van der Waals surface area contributed by atoms with Crippen molar-refractivity contribution in [3.63, 3.8) is 0 Å². The van der Waals surface area contributed by atoms with Crippen LogP contribution in [0.1, 0.15) is 14.9 Å². The van der Waals surface area contributed by atoms with Gasteiger partial charge in [0.05, 0.1) is 0 Å². The second kappa shape index (κ2) is 240. The van der Waals surface area contributed by atoms with Crippen LogP contribution in [-0.2, 0) is 36.8 Å². The number of halogens is 2. The maximum atomic E-state index is 7.81. The zero-order chi connectivity index (χ0) is 2.00. The Bertz CT molecular complexity index is 16.0. The first kappa shape index (κ1) is 116. The Morgan fingerprint density at radius 1 is 0.875 bits per heavy atom. The van der Waals surface area contributed by atoms with Crippen LogP contribution in [0.4, 0.5) is 0 Å². The van der Waals surface area contributed by atoms with E-state index < -0.39 is 0 Å². The van der Waals surface area contributed by atoms with Crippen LogP contribution in [-0.4, -0.2) is 5.48 Å². The van der Waals surface area contributed by atoms with Gasteiger partial charge in [-0.3, -0.25) is 0 Å². The van der Waals surface area contributed by atoms with E-state index >= 15 is 0 Å². The summed E-state index contributed by atoms with van der Waals surface area (Å²) < 4.78 is 7.81. The van der Waals surface area contributed by atoms with Gasteiger partial charge in [-0.25, -0.2) is 0 Å². The zero-order valence-electron chi connectivity index (χ0n) is 2.33. The second-order valence-electron chi connectivity index (χ2n) is 0. The van der Waals surface area contributed by atoms with Crippen LogP contribution in [0.15, 0.2) is 0 Å². The molecule has 0 aromatic carbocycles. The standard InChI is InChI=1S/2CH4.2ClH.2Cu.H2O.O/h2*1H4;2*1H;;;1H2;. The summed E-state index contributed by atoms with van der Waals surface area (Å²) in [5, 5.41) is 0. The number of hydrogen-bond acceptors (Lipinski definition) is 1. The van der Waals surface area contributed by atoms with Crippen LogP contribution in [0.5, 0.6) is 0 Å². The van der Waals surface area contributed by atoms with Crippen LogP contribution < -0.4 is 0 Å². The SMILES string of the molecule is C.C.Cl.Cl.O.[Cu].[O]=[Cu]. The van der Waals surface area contributed by atoms with Crippen LogP contribution in [0.2, 0.25) is 0 Å². The van der Waals surface area contributed by atoms with E-state index in [0.717, 1.165) is 0 Å². The van der Waals surface area contributed by atoms with Crippen molar-refractivity contribution < 1.29 is 42.3 Å². The average molecular weight is 266 g/mol. The molecule has 0 aliphatic heterocycles. The third-order valence-corrected chi connectivity index (χ3v) is 0. The monoisotopic (exact) mass is 264 g/mol. The fourth-order valence-electron chi connectivity index (χ4n) is 0. The summed E-state index contributed by atoms with van der Waals surface area (Å²) in [4.78, 5) is 0. The normalized spacial score (nSPS) is 0.750. The molecule has 0 spiro atoms. The van der Waals surface area contributed by atoms with Gasteiger partial charge < -0.3 is 5.48 Å². The molecule has 0 atom stereocenters. The van der Waals surface area contributed by atoms with E-state index in [4.69, 9.17) is 3.83 Å². The van der Waals surface area contributed by atoms with Gasteiger partial charge in [-0.05, 0) is 0 Å². The van der Waals surface area contributed by atoms with Crippen molar-refractivity contribution in [1.82, 2.24) is 0 Å². The first-order valence-electron chi connectivity index (χ1n) is 0.123. The van der Waals surface area contributed by atoms with E-state index in [-0.39, 0.29) is 62.2 Å². The topological polar surface area (TPSA) is 48.6 Å². The fourth-order valence-corrected chi connectivity index (χ4v) is 0. The van der Waals surface area contributed by atoms with Gasteiger partial charge >= 0.3 is 19.8 Å². The van der Waals surface area contributed by atoms with Crippen molar-refractivity contribution >= 4 is 24.8 Å². The van der Waals surface area contributed by atoms with Crippen molar-refractivity contribution in [3.8, 4) is 0 Å². The van der Waals surface area contributed by atoms with Crippen LogP contribution in [0.3, 0.4) is 0 Å². The molecule has 68 valence electrons. The predicted octanol–water partition coefficient (Wildman–Crippen LogP) is 1.17. The van der Waals surface area contributed by atoms with E-state index in [0.29, 0.717) is 0 Å². The Labute approximate surface area is 81.8 Å². The Kier molecular flexibility index (Phi) is 3490. The van der Waals surface area contributed by atoms with Crippen molar-refractivity contribution in [2.24, 2.45) is 0 Å². The molecule has 0 aliphatic rings. The van der Waals surface area contributed by atoms with Crippen LogP contribution >= 0.6 is 24.8 Å². The third-order valence-electron chi connectivity index (χ3n) is 0. The van der Waals surface area contributed by atoms with Crippen molar-refractivity contribution in [1.29, 1.82) is 0 Å². The Balaban J connectivity index is -0.000000000333. The molecule has 0 saturated carbocycles. The molecule has 0 rings (SSSR count). The molecule has 2 N–H and O–H groups in total. The maximum absolute atomic E-state index is 7.81. The van der Waals surface area contributed by atoms with Gasteiger partial charge in [-0.2, -0.15) is 0 Å². The average Bonchev–Trinajstić information content (AvgIpc) is 1.00. The second-order valence-corrected chi connectivity index (χ2v) is 0. The van der Waals surface area contributed by atoms with E-state index in [1.807, 2.05) is 0 Å². The van der Waals surface area contributed by atoms with Gasteiger partial charge in [0.15, 0.2) is 0 Å². The van der Waals surface area contributed by atoms with E-state index in [9.17, 15) is 0 Å². The minimum absolute atomic E-state index is 0. The molecule has 6 heteroatoms. The molecule has 0 saturated heterocycles. The molecule has 1 radical (unpaired) electrons. The summed E-state index contributed by atoms with van der Waals surface area (Å²) in [5.74, 6) is 0. The summed E-state index contributed by atoms with van der Waals surface area (Å²) in [7, 11) is 0. The quantitative estimate of drug-likeness (QED) is 0.607. The number of hydrogen-bond donors (Lipinski definition) is 0. The van der Waals surface area contributed by atoms with Crippen molar-refractivity contribution in [2.45, 2.75) is 14.9 Å². The first-order chi connectivity index (χ1) is 1.00. The fraction of sp³-hybridized carbons (Fsp3) is 1.00. The van der Waals surface area contributed by atoms with Gasteiger partial charge in [0.1, 0.15) is 0 Å². The molecule has 0 amide bonds. The van der Waals surface area contributed by atoms with Gasteiger partial charge in [0.2, 0.25) is 0 Å². The summed E-state index contributed by atoms with van der Waals surface area (Å²) in [6.45, 7) is 0. The molecule has 0 unspecified atom stereocenters. The summed E-state index contributed by atoms with van der Waals surface area (Å²) in [5.41, 5.74) is 0. The molecular formula is C2H12Cl2Cu2O2. The van der Waals surface area contributed by atoms with Crippen molar-refractivity contribution in [2.75, 3.05) is 0 Å². The van der Waals surface area contributed by atoms with Gasteiger partial charge in [-0.15, -0.1) is 24.8 Å². The van der Waals surface area contributed by atoms with Crippen LogP contribution in [0.25, 0.3) is 0 Å². The molecule has 0 fully saturated rings. The van der Waals surface area contributed by atoms with Gasteiger partial charge in [0.25, 0.3) is 0 Å². The molecule has 8 heavy (non-hydrogen) atoms. The summed E-state index contributed by atoms with van der Waals surface area (Å²) >= 11 is 2.94. The number of rotatable bonds is 0. The van der Waals surface area contributed by atoms with Gasteiger partial charge in [-0.1, -0.05) is 14.9 Å². The molecule has 0 aliphatic carbocycles.